The SMILES string of the molecule is C#Cc1ccc(CNC(=O)N2Cc3nc(NC4CCOCC4)ncc3C2(C)C)cc1. The zero-order valence-electron chi connectivity index (χ0n) is 17.4. The molecule has 0 saturated carbocycles. The summed E-state index contributed by atoms with van der Waals surface area (Å²) < 4.78 is 5.40. The number of carbonyl (C=O) groups is 1. The number of hydrogen-bond acceptors (Lipinski definition) is 5. The molecule has 2 aromatic rings. The largest absolute Gasteiger partial charge is 0.381 e. The van der Waals surface area contributed by atoms with Crippen molar-refractivity contribution < 1.29 is 9.53 Å². The van der Waals surface area contributed by atoms with E-state index >= 15 is 0 Å². The second-order valence-corrected chi connectivity index (χ2v) is 8.23. The molecule has 1 aromatic heterocycles. The normalized spacial score (nSPS) is 17.8. The zero-order chi connectivity index (χ0) is 21.1. The van der Waals surface area contributed by atoms with Crippen molar-refractivity contribution in [3.8, 4) is 12.3 Å². The Kier molecular flexibility index (Phi) is 5.60. The molecule has 2 aliphatic rings. The van der Waals surface area contributed by atoms with Crippen LogP contribution in [0.4, 0.5) is 10.7 Å². The molecule has 2 aliphatic heterocycles. The van der Waals surface area contributed by atoms with Crippen molar-refractivity contribution in [2.75, 3.05) is 18.5 Å². The van der Waals surface area contributed by atoms with Crippen LogP contribution in [-0.2, 0) is 23.4 Å². The summed E-state index contributed by atoms with van der Waals surface area (Å²) in [6, 6.07) is 7.81. The molecule has 1 aromatic carbocycles. The van der Waals surface area contributed by atoms with Crippen molar-refractivity contribution in [2.45, 2.75) is 51.4 Å². The second-order valence-electron chi connectivity index (χ2n) is 8.23. The maximum Gasteiger partial charge on any atom is 0.318 e. The Morgan fingerprint density at radius 2 is 2.03 bits per heavy atom. The summed E-state index contributed by atoms with van der Waals surface area (Å²) >= 11 is 0. The molecule has 0 aliphatic carbocycles. The van der Waals surface area contributed by atoms with E-state index in [9.17, 15) is 4.79 Å². The number of hydrogen-bond donors (Lipinski definition) is 2. The maximum atomic E-state index is 12.9. The molecule has 7 heteroatoms. The van der Waals surface area contributed by atoms with Crippen molar-refractivity contribution in [1.29, 1.82) is 0 Å². The van der Waals surface area contributed by atoms with Gasteiger partial charge in [0.15, 0.2) is 0 Å². The van der Waals surface area contributed by atoms with E-state index in [0.29, 0.717) is 25.1 Å². The fourth-order valence-corrected chi connectivity index (χ4v) is 3.95. The van der Waals surface area contributed by atoms with Crippen LogP contribution in [0.2, 0.25) is 0 Å². The summed E-state index contributed by atoms with van der Waals surface area (Å²) in [7, 11) is 0. The lowest BCUT2D eigenvalue weighted by molar-refractivity contribution is 0.0903. The van der Waals surface area contributed by atoms with Gasteiger partial charge in [0.1, 0.15) is 0 Å². The van der Waals surface area contributed by atoms with Gasteiger partial charge in [0, 0.05) is 43.1 Å². The van der Waals surface area contributed by atoms with Gasteiger partial charge in [-0.05, 0) is 44.4 Å². The van der Waals surface area contributed by atoms with Crippen molar-refractivity contribution in [3.05, 3.63) is 52.8 Å². The molecule has 156 valence electrons. The summed E-state index contributed by atoms with van der Waals surface area (Å²) in [5.74, 6) is 3.21. The summed E-state index contributed by atoms with van der Waals surface area (Å²) in [6.07, 6.45) is 9.13. The lowest BCUT2D eigenvalue weighted by Gasteiger charge is -2.32. The van der Waals surface area contributed by atoms with Crippen LogP contribution in [0.15, 0.2) is 30.5 Å². The zero-order valence-corrected chi connectivity index (χ0v) is 17.4. The molecule has 0 radical (unpaired) electrons. The minimum absolute atomic E-state index is 0.127. The van der Waals surface area contributed by atoms with Gasteiger partial charge in [0.2, 0.25) is 5.95 Å². The van der Waals surface area contributed by atoms with Crippen molar-refractivity contribution in [2.24, 2.45) is 0 Å². The van der Waals surface area contributed by atoms with E-state index in [1.54, 1.807) is 4.90 Å². The smallest absolute Gasteiger partial charge is 0.318 e. The number of ether oxygens (including phenoxy) is 1. The summed E-state index contributed by atoms with van der Waals surface area (Å²) in [4.78, 5) is 24.0. The Hall–Kier alpha value is -3.11. The van der Waals surface area contributed by atoms with Gasteiger partial charge in [-0.15, -0.1) is 6.42 Å². The second kappa shape index (κ2) is 8.33. The predicted molar refractivity (Wildman–Crippen MR) is 115 cm³/mol. The Labute approximate surface area is 177 Å². The number of nitrogens with zero attached hydrogens (tertiary/aromatic N) is 3. The molecule has 2 N–H and O–H groups in total. The first-order chi connectivity index (χ1) is 14.5. The average Bonchev–Trinajstić information content (AvgIpc) is 3.03. The number of benzene rings is 1. The van der Waals surface area contributed by atoms with Gasteiger partial charge in [0.05, 0.1) is 17.8 Å². The topological polar surface area (TPSA) is 79.4 Å². The number of rotatable bonds is 4. The number of terminal acetylenes is 1. The molecule has 0 unspecified atom stereocenters. The predicted octanol–water partition coefficient (Wildman–Crippen LogP) is 3.01. The molecule has 7 nitrogen and oxygen atoms in total. The molecule has 30 heavy (non-hydrogen) atoms. The molecule has 0 bridgehead atoms. The molecule has 2 amide bonds. The van der Waals surface area contributed by atoms with Crippen LogP contribution in [0.5, 0.6) is 0 Å². The molecule has 4 rings (SSSR count). The highest BCUT2D eigenvalue weighted by Gasteiger charge is 2.41. The van der Waals surface area contributed by atoms with Gasteiger partial charge < -0.3 is 20.3 Å². The molecule has 1 fully saturated rings. The molecule has 1 saturated heterocycles. The van der Waals surface area contributed by atoms with Gasteiger partial charge in [-0.3, -0.25) is 0 Å². The Morgan fingerprint density at radius 1 is 1.30 bits per heavy atom. The van der Waals surface area contributed by atoms with Gasteiger partial charge in [0.25, 0.3) is 0 Å². The van der Waals surface area contributed by atoms with Crippen molar-refractivity contribution in [1.82, 2.24) is 20.2 Å². The van der Waals surface area contributed by atoms with E-state index in [0.717, 1.165) is 48.4 Å². The molecule has 3 heterocycles. The van der Waals surface area contributed by atoms with Gasteiger partial charge in [-0.25, -0.2) is 14.8 Å². The highest BCUT2D eigenvalue weighted by molar-refractivity contribution is 5.76. The highest BCUT2D eigenvalue weighted by atomic mass is 16.5. The number of fused-ring (bicyclic) bond motifs is 1. The van der Waals surface area contributed by atoms with E-state index < -0.39 is 5.54 Å². The standard InChI is InChI=1S/C23H27N5O2/c1-4-16-5-7-17(8-6-16)13-25-22(29)28-15-20-19(23(28,2)3)14-24-21(27-20)26-18-9-11-30-12-10-18/h1,5-8,14,18H,9-13,15H2,2-3H3,(H,25,29)(H,24,26,27). The van der Waals surface area contributed by atoms with Crippen LogP contribution < -0.4 is 10.6 Å². The van der Waals surface area contributed by atoms with E-state index in [1.165, 1.54) is 0 Å². The van der Waals surface area contributed by atoms with Crippen LogP contribution in [0, 0.1) is 12.3 Å². The van der Waals surface area contributed by atoms with Crippen LogP contribution >= 0.6 is 0 Å². The van der Waals surface area contributed by atoms with Crippen LogP contribution in [0.25, 0.3) is 0 Å². The van der Waals surface area contributed by atoms with Crippen molar-refractivity contribution >= 4 is 12.0 Å². The van der Waals surface area contributed by atoms with E-state index in [-0.39, 0.29) is 6.03 Å². The van der Waals surface area contributed by atoms with Crippen molar-refractivity contribution in [3.63, 3.8) is 0 Å². The van der Waals surface area contributed by atoms with E-state index in [1.807, 2.05) is 44.3 Å². The third-order valence-electron chi connectivity index (χ3n) is 5.87. The summed E-state index contributed by atoms with van der Waals surface area (Å²) in [5, 5.41) is 6.41. The van der Waals surface area contributed by atoms with Gasteiger partial charge in [-0.2, -0.15) is 0 Å². The lowest BCUT2D eigenvalue weighted by Crippen LogP contribution is -2.45. The molecular weight excluding hydrogens is 378 g/mol. The minimum atomic E-state index is -0.482. The maximum absolute atomic E-state index is 12.9. The highest BCUT2D eigenvalue weighted by Crippen LogP contribution is 2.37. The van der Waals surface area contributed by atoms with Crippen LogP contribution in [-0.4, -0.2) is 40.2 Å². The first-order valence-corrected chi connectivity index (χ1v) is 10.3. The summed E-state index contributed by atoms with van der Waals surface area (Å²) in [6.45, 7) is 6.46. The van der Waals surface area contributed by atoms with Gasteiger partial charge >= 0.3 is 6.03 Å². The Balaban J connectivity index is 1.42. The monoisotopic (exact) mass is 405 g/mol. The Morgan fingerprint density at radius 3 is 2.73 bits per heavy atom. The summed E-state index contributed by atoms with van der Waals surface area (Å²) in [5.41, 5.74) is 3.21. The molecular formula is C23H27N5O2. The Bertz CT molecular complexity index is 959. The van der Waals surface area contributed by atoms with Crippen LogP contribution in [0.3, 0.4) is 0 Å². The number of aromatic nitrogens is 2. The third-order valence-corrected chi connectivity index (χ3v) is 5.87. The van der Waals surface area contributed by atoms with E-state index in [4.69, 9.17) is 16.1 Å². The third kappa shape index (κ3) is 4.10. The number of anilines is 1. The number of urea groups is 1. The van der Waals surface area contributed by atoms with Crippen LogP contribution in [0.1, 0.15) is 49.1 Å². The average molecular weight is 406 g/mol. The fourth-order valence-electron chi connectivity index (χ4n) is 3.95. The minimum Gasteiger partial charge on any atom is -0.381 e. The number of carbonyl (C=O) groups excluding carboxylic acids is 1. The molecule has 0 spiro atoms. The quantitative estimate of drug-likeness (QED) is 0.765. The number of nitrogens with one attached hydrogen (secondary N) is 2. The fraction of sp³-hybridized carbons (Fsp3) is 0.435. The van der Waals surface area contributed by atoms with Gasteiger partial charge in [-0.1, -0.05) is 18.1 Å². The first kappa shape index (κ1) is 20.2. The first-order valence-electron chi connectivity index (χ1n) is 10.3. The number of amides is 2. The van der Waals surface area contributed by atoms with E-state index in [2.05, 4.69) is 21.5 Å². The molecule has 0 atom stereocenters. The lowest BCUT2D eigenvalue weighted by atomic mass is 9.97.